The lowest BCUT2D eigenvalue weighted by Crippen LogP contribution is -2.29. The molecule has 4 rings (SSSR count). The van der Waals surface area contributed by atoms with Crippen LogP contribution in [0.3, 0.4) is 0 Å². The molecule has 0 unspecified atom stereocenters. The maximum absolute atomic E-state index is 12.8. The first-order valence-electron chi connectivity index (χ1n) is 10.5. The van der Waals surface area contributed by atoms with Crippen LogP contribution in [0.25, 0.3) is 11.0 Å². The van der Waals surface area contributed by atoms with Crippen LogP contribution in [0.4, 0.5) is 0 Å². The van der Waals surface area contributed by atoms with Gasteiger partial charge in [-0.1, -0.05) is 47.5 Å². The summed E-state index contributed by atoms with van der Waals surface area (Å²) in [6.07, 6.45) is 0.602. The lowest BCUT2D eigenvalue weighted by Gasteiger charge is -2.08. The molecule has 0 saturated heterocycles. The molecule has 6 nitrogen and oxygen atoms in total. The second-order valence-corrected chi connectivity index (χ2v) is 8.42. The highest BCUT2D eigenvalue weighted by Crippen LogP contribution is 2.23. The zero-order valence-corrected chi connectivity index (χ0v) is 19.2. The molecule has 0 aliphatic heterocycles. The minimum absolute atomic E-state index is 0.00898. The van der Waals surface area contributed by atoms with E-state index in [-0.39, 0.29) is 23.9 Å². The molecular formula is C25H22Cl2N4O2. The first-order chi connectivity index (χ1) is 16.0. The van der Waals surface area contributed by atoms with Crippen LogP contribution in [0, 0.1) is 5.41 Å². The van der Waals surface area contributed by atoms with Gasteiger partial charge in [0.2, 0.25) is 5.62 Å². The Bertz CT molecular complexity index is 1360. The van der Waals surface area contributed by atoms with Crippen LogP contribution >= 0.6 is 23.2 Å². The van der Waals surface area contributed by atoms with Crippen molar-refractivity contribution in [3.8, 4) is 0 Å². The molecule has 1 heterocycles. The molecule has 0 atom stereocenters. The zero-order chi connectivity index (χ0) is 23.4. The van der Waals surface area contributed by atoms with E-state index in [0.717, 1.165) is 0 Å². The fourth-order valence-corrected chi connectivity index (χ4v) is 4.13. The standard InChI is InChI=1S/C25H22Cl2N4O2/c26-19-12-10-17(11-13-19)22(32)16-31-21-9-4-8-20(27)23(21)30(25(31)28)15-5-14-29-24(33)18-6-2-1-3-7-18/h1-4,6-13,28H,5,14-16H2,(H,29,33). The lowest BCUT2D eigenvalue weighted by molar-refractivity contribution is 0.0949. The molecule has 0 radical (unpaired) electrons. The van der Waals surface area contributed by atoms with E-state index in [2.05, 4.69) is 5.32 Å². The summed E-state index contributed by atoms with van der Waals surface area (Å²) in [7, 11) is 0. The van der Waals surface area contributed by atoms with Gasteiger partial charge < -0.3 is 14.5 Å². The van der Waals surface area contributed by atoms with E-state index in [4.69, 9.17) is 28.6 Å². The van der Waals surface area contributed by atoms with E-state index >= 15 is 0 Å². The highest BCUT2D eigenvalue weighted by Gasteiger charge is 2.17. The Balaban J connectivity index is 1.53. The van der Waals surface area contributed by atoms with Gasteiger partial charge in [-0.05, 0) is 55.0 Å². The number of hydrogen-bond donors (Lipinski definition) is 2. The van der Waals surface area contributed by atoms with Gasteiger partial charge in [0.15, 0.2) is 5.78 Å². The average Bonchev–Trinajstić information content (AvgIpc) is 3.09. The molecule has 168 valence electrons. The van der Waals surface area contributed by atoms with Crippen LogP contribution in [-0.2, 0) is 13.1 Å². The number of benzene rings is 3. The summed E-state index contributed by atoms with van der Waals surface area (Å²) in [6.45, 7) is 0.923. The first-order valence-corrected chi connectivity index (χ1v) is 11.3. The predicted molar refractivity (Wildman–Crippen MR) is 130 cm³/mol. The number of aryl methyl sites for hydroxylation is 1. The third-order valence-electron chi connectivity index (χ3n) is 5.39. The Morgan fingerprint density at radius 2 is 1.58 bits per heavy atom. The van der Waals surface area contributed by atoms with Crippen molar-refractivity contribution < 1.29 is 9.59 Å². The van der Waals surface area contributed by atoms with Gasteiger partial charge in [0.1, 0.15) is 0 Å². The summed E-state index contributed by atoms with van der Waals surface area (Å²) in [5, 5.41) is 12.7. The Morgan fingerprint density at radius 3 is 2.30 bits per heavy atom. The minimum Gasteiger partial charge on any atom is -0.352 e. The maximum atomic E-state index is 12.8. The van der Waals surface area contributed by atoms with Crippen LogP contribution in [0.1, 0.15) is 27.1 Å². The number of imidazole rings is 1. The SMILES string of the molecule is N=c1n(CC(=O)c2ccc(Cl)cc2)c2cccc(Cl)c2n1CCCNC(=O)c1ccccc1. The molecule has 0 aliphatic rings. The first kappa shape index (κ1) is 22.8. The van der Waals surface area contributed by atoms with Gasteiger partial charge in [0.05, 0.1) is 22.6 Å². The monoisotopic (exact) mass is 480 g/mol. The summed E-state index contributed by atoms with van der Waals surface area (Å²) in [5.41, 5.74) is 2.71. The zero-order valence-electron chi connectivity index (χ0n) is 17.7. The summed E-state index contributed by atoms with van der Waals surface area (Å²) >= 11 is 12.4. The fraction of sp³-hybridized carbons (Fsp3) is 0.160. The van der Waals surface area contributed by atoms with Gasteiger partial charge in [-0.2, -0.15) is 0 Å². The number of nitrogens with one attached hydrogen (secondary N) is 2. The molecule has 0 aliphatic carbocycles. The molecule has 0 fully saturated rings. The number of amides is 1. The van der Waals surface area contributed by atoms with Crippen molar-refractivity contribution in [1.82, 2.24) is 14.5 Å². The van der Waals surface area contributed by atoms with Gasteiger partial charge in [-0.15, -0.1) is 0 Å². The minimum atomic E-state index is -0.138. The number of rotatable bonds is 8. The molecule has 8 heteroatoms. The number of Topliss-reactive ketones (excluding diaryl/α,β-unsaturated/α-hetero) is 1. The van der Waals surface area contributed by atoms with E-state index in [0.29, 0.717) is 51.7 Å². The van der Waals surface area contributed by atoms with Crippen molar-refractivity contribution in [2.24, 2.45) is 0 Å². The van der Waals surface area contributed by atoms with Crippen molar-refractivity contribution in [3.63, 3.8) is 0 Å². The van der Waals surface area contributed by atoms with Crippen molar-refractivity contribution in [2.45, 2.75) is 19.5 Å². The van der Waals surface area contributed by atoms with Gasteiger partial charge in [-0.25, -0.2) is 0 Å². The van der Waals surface area contributed by atoms with Gasteiger partial charge in [0, 0.05) is 29.2 Å². The van der Waals surface area contributed by atoms with E-state index < -0.39 is 0 Å². The molecule has 0 spiro atoms. The van der Waals surface area contributed by atoms with Gasteiger partial charge in [0.25, 0.3) is 5.91 Å². The Labute approximate surface area is 200 Å². The Hall–Kier alpha value is -3.35. The number of hydrogen-bond acceptors (Lipinski definition) is 3. The van der Waals surface area contributed by atoms with Crippen LogP contribution < -0.4 is 10.9 Å². The topological polar surface area (TPSA) is 79.9 Å². The highest BCUT2D eigenvalue weighted by molar-refractivity contribution is 6.35. The molecule has 0 bridgehead atoms. The third kappa shape index (κ3) is 5.02. The molecular weight excluding hydrogens is 459 g/mol. The number of fused-ring (bicyclic) bond motifs is 1. The van der Waals surface area contributed by atoms with E-state index in [9.17, 15) is 9.59 Å². The summed E-state index contributed by atoms with van der Waals surface area (Å²) < 4.78 is 3.43. The second-order valence-electron chi connectivity index (χ2n) is 7.57. The number of aromatic nitrogens is 2. The third-order valence-corrected chi connectivity index (χ3v) is 5.94. The number of carbonyl (C=O) groups excluding carboxylic acids is 2. The lowest BCUT2D eigenvalue weighted by atomic mass is 10.1. The predicted octanol–water partition coefficient (Wildman–Crippen LogP) is 4.93. The van der Waals surface area contributed by atoms with Crippen molar-refractivity contribution in [2.75, 3.05) is 6.54 Å². The molecule has 4 aromatic rings. The Morgan fingerprint density at radius 1 is 0.848 bits per heavy atom. The van der Waals surface area contributed by atoms with Gasteiger partial charge >= 0.3 is 0 Å². The van der Waals surface area contributed by atoms with E-state index in [1.165, 1.54) is 0 Å². The normalized spacial score (nSPS) is 11.0. The average molecular weight is 481 g/mol. The second kappa shape index (κ2) is 10.1. The summed E-state index contributed by atoms with van der Waals surface area (Å²) in [4.78, 5) is 25.1. The molecule has 3 aromatic carbocycles. The van der Waals surface area contributed by atoms with Crippen LogP contribution in [0.5, 0.6) is 0 Å². The number of carbonyl (C=O) groups is 2. The Kier molecular flexibility index (Phi) is 6.96. The summed E-state index contributed by atoms with van der Waals surface area (Å²) in [6, 6.07) is 21.1. The largest absolute Gasteiger partial charge is 0.352 e. The molecule has 1 amide bonds. The number of halogens is 2. The van der Waals surface area contributed by atoms with Crippen LogP contribution in [0.15, 0.2) is 72.8 Å². The van der Waals surface area contributed by atoms with Crippen molar-refractivity contribution in [1.29, 1.82) is 5.41 Å². The van der Waals surface area contributed by atoms with Gasteiger partial charge in [-0.3, -0.25) is 15.0 Å². The van der Waals surface area contributed by atoms with Crippen LogP contribution in [0.2, 0.25) is 10.0 Å². The molecule has 2 N–H and O–H groups in total. The molecule has 0 saturated carbocycles. The highest BCUT2D eigenvalue weighted by atomic mass is 35.5. The summed E-state index contributed by atoms with van der Waals surface area (Å²) in [5.74, 6) is -0.264. The van der Waals surface area contributed by atoms with Crippen molar-refractivity contribution >= 4 is 45.9 Å². The number of ketones is 1. The number of para-hydroxylation sites is 1. The fourth-order valence-electron chi connectivity index (χ4n) is 3.73. The maximum Gasteiger partial charge on any atom is 0.251 e. The van der Waals surface area contributed by atoms with E-state index in [1.807, 2.05) is 24.3 Å². The molecule has 1 aromatic heterocycles. The molecule has 33 heavy (non-hydrogen) atoms. The van der Waals surface area contributed by atoms with Crippen molar-refractivity contribution in [3.05, 3.63) is 99.6 Å². The van der Waals surface area contributed by atoms with Crippen LogP contribution in [-0.4, -0.2) is 27.4 Å². The number of nitrogens with zero attached hydrogens (tertiary/aromatic N) is 2. The quantitative estimate of drug-likeness (QED) is 0.277. The van der Waals surface area contributed by atoms with E-state index in [1.54, 1.807) is 57.7 Å². The smallest absolute Gasteiger partial charge is 0.251 e.